The van der Waals surface area contributed by atoms with Crippen LogP contribution in [0.15, 0.2) is 18.3 Å². The Labute approximate surface area is 179 Å². The van der Waals surface area contributed by atoms with Crippen molar-refractivity contribution in [1.82, 2.24) is 9.88 Å². The lowest BCUT2D eigenvalue weighted by atomic mass is 9.82. The first-order chi connectivity index (χ1) is 14.2. The second-order valence-electron chi connectivity index (χ2n) is 8.83. The molecular formula is C22H27ClF2N2O3. The number of aryl methyl sites for hydroxylation is 1. The number of hydrogen-bond donors (Lipinski definition) is 2. The maximum absolute atomic E-state index is 13.4. The molecule has 1 amide bonds. The van der Waals surface area contributed by atoms with E-state index in [0.29, 0.717) is 28.5 Å². The highest BCUT2D eigenvalue weighted by atomic mass is 35.5. The number of benzene rings is 1. The van der Waals surface area contributed by atoms with Gasteiger partial charge in [0.25, 0.3) is 5.91 Å². The zero-order valence-corrected chi connectivity index (χ0v) is 17.8. The van der Waals surface area contributed by atoms with E-state index < -0.39 is 11.5 Å². The highest BCUT2D eigenvalue weighted by molar-refractivity contribution is 6.37. The quantitative estimate of drug-likeness (QED) is 0.728. The summed E-state index contributed by atoms with van der Waals surface area (Å²) < 4.78 is 34.3. The van der Waals surface area contributed by atoms with Crippen LogP contribution in [0.3, 0.4) is 0 Å². The summed E-state index contributed by atoms with van der Waals surface area (Å²) in [5.41, 5.74) is 1.00. The van der Waals surface area contributed by atoms with Gasteiger partial charge in [-0.2, -0.15) is 0 Å². The molecule has 2 fully saturated rings. The average molecular weight is 441 g/mol. The molecule has 1 saturated carbocycles. The van der Waals surface area contributed by atoms with E-state index in [2.05, 4.69) is 5.32 Å². The average Bonchev–Trinajstić information content (AvgIpc) is 3.32. The van der Waals surface area contributed by atoms with Crippen LogP contribution in [0.2, 0.25) is 5.02 Å². The number of nitrogens with zero attached hydrogens (tertiary/aromatic N) is 1. The molecule has 2 aromatic rings. The van der Waals surface area contributed by atoms with Crippen LogP contribution in [-0.4, -0.2) is 46.9 Å². The number of rotatable bonds is 5. The van der Waals surface area contributed by atoms with E-state index in [1.807, 2.05) is 23.6 Å². The van der Waals surface area contributed by atoms with Crippen molar-refractivity contribution in [2.45, 2.75) is 57.1 Å². The van der Waals surface area contributed by atoms with Gasteiger partial charge in [0.2, 0.25) is 5.92 Å². The fourth-order valence-electron chi connectivity index (χ4n) is 4.43. The fourth-order valence-corrected chi connectivity index (χ4v) is 4.80. The lowest BCUT2D eigenvalue weighted by Gasteiger charge is -2.35. The number of ether oxygens (including phenoxy) is 1. The number of carbonyl (C=O) groups is 1. The first kappa shape index (κ1) is 21.5. The second kappa shape index (κ2) is 8.09. The molecule has 2 aliphatic rings. The van der Waals surface area contributed by atoms with Crippen LogP contribution < -0.4 is 5.32 Å². The Hall–Kier alpha value is -1.70. The molecule has 1 aliphatic heterocycles. The molecule has 1 aromatic carbocycles. The van der Waals surface area contributed by atoms with E-state index in [0.717, 1.165) is 30.7 Å². The van der Waals surface area contributed by atoms with Crippen molar-refractivity contribution in [2.75, 3.05) is 19.8 Å². The van der Waals surface area contributed by atoms with Crippen LogP contribution in [0.1, 0.15) is 48.0 Å². The smallest absolute Gasteiger partial charge is 0.253 e. The lowest BCUT2D eigenvalue weighted by Crippen LogP contribution is -2.47. The number of hydrogen-bond acceptors (Lipinski definition) is 3. The van der Waals surface area contributed by atoms with E-state index in [1.54, 1.807) is 6.20 Å². The Balaban J connectivity index is 1.56. The Morgan fingerprint density at radius 3 is 2.73 bits per heavy atom. The van der Waals surface area contributed by atoms with Gasteiger partial charge in [-0.15, -0.1) is 0 Å². The molecule has 0 bridgehead atoms. The van der Waals surface area contributed by atoms with Crippen LogP contribution in [0.5, 0.6) is 0 Å². The summed E-state index contributed by atoms with van der Waals surface area (Å²) in [4.78, 5) is 13.0. The standard InChI is InChI=1S/C22H27ClF2N2O3/c1-14-8-17(23)19-16(11-27(18(19)9-14)10-15-2-7-30-12-15)20(28)26-13-21(29)3-5-22(24,25)6-4-21/h8-9,11,15,29H,2-7,10,12-13H2,1H3,(H,26,28). The molecule has 2 heterocycles. The summed E-state index contributed by atoms with van der Waals surface area (Å²) in [7, 11) is 0. The van der Waals surface area contributed by atoms with Crippen molar-refractivity contribution in [3.05, 3.63) is 34.5 Å². The molecule has 1 atom stereocenters. The van der Waals surface area contributed by atoms with Crippen LogP contribution in [0.25, 0.3) is 10.9 Å². The summed E-state index contributed by atoms with van der Waals surface area (Å²) in [6.07, 6.45) is 1.95. The second-order valence-corrected chi connectivity index (χ2v) is 9.24. The van der Waals surface area contributed by atoms with Gasteiger partial charge in [-0.3, -0.25) is 4.79 Å². The molecule has 0 radical (unpaired) electrons. The van der Waals surface area contributed by atoms with Gasteiger partial charge in [0.1, 0.15) is 0 Å². The van der Waals surface area contributed by atoms with E-state index in [1.165, 1.54) is 0 Å². The molecule has 4 rings (SSSR count). The van der Waals surface area contributed by atoms with Gasteiger partial charge in [-0.1, -0.05) is 11.6 Å². The van der Waals surface area contributed by atoms with E-state index in [4.69, 9.17) is 16.3 Å². The van der Waals surface area contributed by atoms with Gasteiger partial charge >= 0.3 is 0 Å². The molecule has 5 nitrogen and oxygen atoms in total. The number of fused-ring (bicyclic) bond motifs is 1. The molecular weight excluding hydrogens is 414 g/mol. The number of alkyl halides is 2. The number of carbonyl (C=O) groups excluding carboxylic acids is 1. The van der Waals surface area contributed by atoms with Gasteiger partial charge in [-0.25, -0.2) is 8.78 Å². The van der Waals surface area contributed by atoms with Gasteiger partial charge in [0.15, 0.2) is 0 Å². The minimum absolute atomic E-state index is 0.0380. The largest absolute Gasteiger partial charge is 0.388 e. The van der Waals surface area contributed by atoms with Crippen molar-refractivity contribution in [3.8, 4) is 0 Å². The Morgan fingerprint density at radius 1 is 1.33 bits per heavy atom. The summed E-state index contributed by atoms with van der Waals surface area (Å²) in [5, 5.41) is 14.5. The number of halogens is 3. The molecule has 1 aromatic heterocycles. The normalized spacial score (nSPS) is 23.0. The van der Waals surface area contributed by atoms with Crippen molar-refractivity contribution >= 4 is 28.4 Å². The third-order valence-electron chi connectivity index (χ3n) is 6.29. The minimum Gasteiger partial charge on any atom is -0.388 e. The molecule has 1 saturated heterocycles. The molecule has 164 valence electrons. The van der Waals surface area contributed by atoms with Crippen LogP contribution in [0.4, 0.5) is 8.78 Å². The Kier molecular flexibility index (Phi) is 5.81. The van der Waals surface area contributed by atoms with Crippen molar-refractivity contribution < 1.29 is 23.4 Å². The SMILES string of the molecule is Cc1cc(Cl)c2c(C(=O)NCC3(O)CCC(F)(F)CC3)cn(CC3CCOC3)c2c1. The summed E-state index contributed by atoms with van der Waals surface area (Å²) in [5.74, 6) is -2.72. The summed E-state index contributed by atoms with van der Waals surface area (Å²) in [6, 6.07) is 3.82. The van der Waals surface area contributed by atoms with Crippen LogP contribution >= 0.6 is 11.6 Å². The summed E-state index contributed by atoms with van der Waals surface area (Å²) in [6.45, 7) is 4.06. The van der Waals surface area contributed by atoms with Gasteiger partial charge in [0.05, 0.1) is 28.3 Å². The molecule has 0 spiro atoms. The third-order valence-corrected chi connectivity index (χ3v) is 6.59. The van der Waals surface area contributed by atoms with Gasteiger partial charge in [-0.05, 0) is 43.9 Å². The fraction of sp³-hybridized carbons (Fsp3) is 0.591. The molecule has 8 heteroatoms. The number of amides is 1. The van der Waals surface area contributed by atoms with Crippen LogP contribution in [0, 0.1) is 12.8 Å². The lowest BCUT2D eigenvalue weighted by molar-refractivity contribution is -0.101. The maximum Gasteiger partial charge on any atom is 0.253 e. The number of aromatic nitrogens is 1. The van der Waals surface area contributed by atoms with Crippen molar-refractivity contribution in [3.63, 3.8) is 0 Å². The van der Waals surface area contributed by atoms with Gasteiger partial charge in [0, 0.05) is 50.0 Å². The molecule has 1 unspecified atom stereocenters. The first-order valence-corrected chi connectivity index (χ1v) is 10.8. The summed E-state index contributed by atoms with van der Waals surface area (Å²) >= 11 is 6.50. The number of nitrogens with one attached hydrogen (secondary N) is 1. The van der Waals surface area contributed by atoms with Crippen molar-refractivity contribution in [2.24, 2.45) is 5.92 Å². The topological polar surface area (TPSA) is 63.5 Å². The van der Waals surface area contributed by atoms with Gasteiger partial charge < -0.3 is 19.7 Å². The number of aliphatic hydroxyl groups is 1. The highest BCUT2D eigenvalue weighted by Crippen LogP contribution is 2.38. The van der Waals surface area contributed by atoms with E-state index >= 15 is 0 Å². The molecule has 30 heavy (non-hydrogen) atoms. The predicted molar refractivity (Wildman–Crippen MR) is 111 cm³/mol. The first-order valence-electron chi connectivity index (χ1n) is 10.4. The molecule has 1 aliphatic carbocycles. The van der Waals surface area contributed by atoms with E-state index in [9.17, 15) is 18.7 Å². The third kappa shape index (κ3) is 4.48. The highest BCUT2D eigenvalue weighted by Gasteiger charge is 2.42. The zero-order valence-electron chi connectivity index (χ0n) is 17.0. The zero-order chi connectivity index (χ0) is 21.5. The van der Waals surface area contributed by atoms with Crippen molar-refractivity contribution in [1.29, 1.82) is 0 Å². The minimum atomic E-state index is -2.74. The maximum atomic E-state index is 13.4. The predicted octanol–water partition coefficient (Wildman–Crippen LogP) is 4.31. The Bertz CT molecular complexity index is 943. The van der Waals surface area contributed by atoms with E-state index in [-0.39, 0.29) is 38.1 Å². The molecule has 2 N–H and O–H groups in total. The van der Waals surface area contributed by atoms with Crippen LogP contribution in [-0.2, 0) is 11.3 Å². The Morgan fingerprint density at radius 2 is 2.07 bits per heavy atom. The monoisotopic (exact) mass is 440 g/mol.